The summed E-state index contributed by atoms with van der Waals surface area (Å²) in [6.45, 7) is 3.49. The Morgan fingerprint density at radius 2 is 2.03 bits per heavy atom. The first kappa shape index (κ1) is 22.4. The van der Waals surface area contributed by atoms with E-state index < -0.39 is 0 Å². The molecule has 2 aliphatic carbocycles. The van der Waals surface area contributed by atoms with E-state index in [9.17, 15) is 5.26 Å². The van der Waals surface area contributed by atoms with Crippen LogP contribution in [0.25, 0.3) is 11.3 Å². The molecule has 2 aromatic heterocycles. The largest absolute Gasteiger partial charge is 0.383 e. The highest BCUT2D eigenvalue weighted by atomic mass is 16.5. The van der Waals surface area contributed by atoms with Crippen molar-refractivity contribution in [3.8, 4) is 17.3 Å². The molecule has 1 atom stereocenters. The number of rotatable bonds is 10. The molecule has 2 fully saturated rings. The van der Waals surface area contributed by atoms with Crippen LogP contribution < -0.4 is 16.0 Å². The Morgan fingerprint density at radius 1 is 1.25 bits per heavy atom. The van der Waals surface area contributed by atoms with Crippen LogP contribution in [0.2, 0.25) is 0 Å². The van der Waals surface area contributed by atoms with E-state index in [1.54, 1.807) is 19.5 Å². The maximum Gasteiger partial charge on any atom is 0.223 e. The number of methoxy groups -OCH3 is 1. The van der Waals surface area contributed by atoms with Gasteiger partial charge < -0.3 is 20.7 Å². The summed E-state index contributed by atoms with van der Waals surface area (Å²) in [7, 11) is 1.74. The van der Waals surface area contributed by atoms with Crippen molar-refractivity contribution in [2.45, 2.75) is 63.6 Å². The van der Waals surface area contributed by atoms with E-state index >= 15 is 0 Å². The predicted octanol–water partition coefficient (Wildman–Crippen LogP) is 3.00. The van der Waals surface area contributed by atoms with Crippen LogP contribution in [0.15, 0.2) is 24.5 Å². The first-order valence-corrected chi connectivity index (χ1v) is 11.4. The summed E-state index contributed by atoms with van der Waals surface area (Å²) in [6, 6.07) is 7.46. The van der Waals surface area contributed by atoms with Crippen molar-refractivity contribution in [1.82, 2.24) is 25.5 Å². The fourth-order valence-corrected chi connectivity index (χ4v) is 4.21. The molecule has 2 aromatic rings. The lowest BCUT2D eigenvalue weighted by atomic mass is 9.91. The summed E-state index contributed by atoms with van der Waals surface area (Å²) in [5, 5.41) is 27.9. The van der Waals surface area contributed by atoms with E-state index in [2.05, 4.69) is 44.1 Å². The average Bonchev–Trinajstić information content (AvgIpc) is 3.60. The van der Waals surface area contributed by atoms with Crippen molar-refractivity contribution in [3.63, 3.8) is 0 Å². The molecule has 0 spiro atoms. The Kier molecular flexibility index (Phi) is 7.12. The number of hydrogen-bond donors (Lipinski definition) is 3. The van der Waals surface area contributed by atoms with E-state index in [0.717, 1.165) is 56.4 Å². The van der Waals surface area contributed by atoms with Gasteiger partial charge in [-0.15, -0.1) is 5.10 Å². The van der Waals surface area contributed by atoms with Crippen molar-refractivity contribution in [1.29, 1.82) is 5.26 Å². The minimum Gasteiger partial charge on any atom is -0.383 e. The zero-order valence-electron chi connectivity index (χ0n) is 18.8. The summed E-state index contributed by atoms with van der Waals surface area (Å²) in [5.74, 6) is 1.30. The van der Waals surface area contributed by atoms with Gasteiger partial charge in [0.2, 0.25) is 5.95 Å². The third-order valence-corrected chi connectivity index (χ3v) is 6.30. The molecule has 9 heteroatoms. The van der Waals surface area contributed by atoms with Crippen molar-refractivity contribution in [3.05, 3.63) is 24.5 Å². The summed E-state index contributed by atoms with van der Waals surface area (Å²) in [6.07, 6.45) is 9.76. The standard InChI is InChI=1S/C23H32N8O/c1-16(13-32-2)28-18-3-5-19(6-4-18)29-22-25-10-7-20(30-22)17-11-21(31-27-12-17)26-15-23(14-24)8-9-23/h7,10-12,16,18-19,28H,3-6,8-9,13,15H2,1-2H3,(H,26,31)(H,25,29,30). The topological polar surface area (TPSA) is 121 Å². The SMILES string of the molecule is COCC(C)NC1CCC(Nc2nccc(-c3cnnc(NCC4(C#N)CC4)c3)n2)CC1. The molecule has 32 heavy (non-hydrogen) atoms. The Labute approximate surface area is 189 Å². The van der Waals surface area contributed by atoms with Gasteiger partial charge in [0.05, 0.1) is 30.0 Å². The Bertz CT molecular complexity index is 934. The van der Waals surface area contributed by atoms with Crippen LogP contribution >= 0.6 is 0 Å². The summed E-state index contributed by atoms with van der Waals surface area (Å²) < 4.78 is 5.22. The highest BCUT2D eigenvalue weighted by Crippen LogP contribution is 2.44. The van der Waals surface area contributed by atoms with Crippen molar-refractivity contribution in [2.24, 2.45) is 5.41 Å². The molecule has 4 rings (SSSR count). The van der Waals surface area contributed by atoms with Crippen molar-refractivity contribution < 1.29 is 4.74 Å². The maximum atomic E-state index is 9.25. The highest BCUT2D eigenvalue weighted by molar-refractivity contribution is 5.62. The monoisotopic (exact) mass is 436 g/mol. The molecule has 2 aliphatic rings. The number of anilines is 2. The van der Waals surface area contributed by atoms with Gasteiger partial charge >= 0.3 is 0 Å². The maximum absolute atomic E-state index is 9.25. The number of aromatic nitrogens is 4. The van der Waals surface area contributed by atoms with Gasteiger partial charge in [-0.05, 0) is 57.6 Å². The van der Waals surface area contributed by atoms with Gasteiger partial charge in [-0.25, -0.2) is 9.97 Å². The van der Waals surface area contributed by atoms with E-state index in [1.165, 1.54) is 0 Å². The van der Waals surface area contributed by atoms with Gasteiger partial charge in [-0.1, -0.05) is 0 Å². The molecule has 0 radical (unpaired) electrons. The van der Waals surface area contributed by atoms with Crippen LogP contribution in [0.3, 0.4) is 0 Å². The lowest BCUT2D eigenvalue weighted by Gasteiger charge is -2.31. The van der Waals surface area contributed by atoms with Crippen LogP contribution in [0, 0.1) is 16.7 Å². The van der Waals surface area contributed by atoms with Crippen LogP contribution in [0.4, 0.5) is 11.8 Å². The van der Waals surface area contributed by atoms with Crippen molar-refractivity contribution in [2.75, 3.05) is 30.9 Å². The number of nitrogens with zero attached hydrogens (tertiary/aromatic N) is 5. The first-order chi connectivity index (χ1) is 15.6. The molecule has 1 unspecified atom stereocenters. The van der Waals surface area contributed by atoms with Gasteiger partial charge in [-0.2, -0.15) is 10.4 Å². The predicted molar refractivity (Wildman–Crippen MR) is 123 cm³/mol. The quantitative estimate of drug-likeness (QED) is 0.516. The molecule has 0 bridgehead atoms. The Balaban J connectivity index is 1.32. The van der Waals surface area contributed by atoms with Gasteiger partial charge in [0, 0.05) is 43.5 Å². The molecule has 2 heterocycles. The second kappa shape index (κ2) is 10.2. The molecule has 3 N–H and O–H groups in total. The van der Waals surface area contributed by atoms with Gasteiger partial charge in [-0.3, -0.25) is 0 Å². The molecule has 0 aliphatic heterocycles. The smallest absolute Gasteiger partial charge is 0.223 e. The van der Waals surface area contributed by atoms with E-state index in [-0.39, 0.29) is 5.41 Å². The van der Waals surface area contributed by atoms with Gasteiger partial charge in [0.1, 0.15) is 5.82 Å². The Morgan fingerprint density at radius 3 is 2.75 bits per heavy atom. The molecule has 9 nitrogen and oxygen atoms in total. The summed E-state index contributed by atoms with van der Waals surface area (Å²) in [5.41, 5.74) is 1.43. The molecular formula is C23H32N8O. The zero-order valence-corrected chi connectivity index (χ0v) is 18.8. The third kappa shape index (κ3) is 5.90. The fraction of sp³-hybridized carbons (Fsp3) is 0.609. The first-order valence-electron chi connectivity index (χ1n) is 11.4. The molecule has 170 valence electrons. The van der Waals surface area contributed by atoms with E-state index in [4.69, 9.17) is 9.72 Å². The second-order valence-corrected chi connectivity index (χ2v) is 9.06. The number of hydrogen-bond acceptors (Lipinski definition) is 9. The fourth-order valence-electron chi connectivity index (χ4n) is 4.21. The molecule has 0 aromatic carbocycles. The van der Waals surface area contributed by atoms with E-state index in [1.807, 2.05) is 12.1 Å². The van der Waals surface area contributed by atoms with Crippen LogP contribution in [0.1, 0.15) is 45.4 Å². The number of ether oxygens (including phenoxy) is 1. The van der Waals surface area contributed by atoms with E-state index in [0.29, 0.717) is 36.4 Å². The minimum absolute atomic E-state index is 0.236. The van der Waals surface area contributed by atoms with Gasteiger partial charge in [0.15, 0.2) is 0 Å². The molecule has 0 amide bonds. The van der Waals surface area contributed by atoms with Gasteiger partial charge in [0.25, 0.3) is 0 Å². The molecule has 2 saturated carbocycles. The molecule has 0 saturated heterocycles. The number of nitriles is 1. The van der Waals surface area contributed by atoms with Crippen LogP contribution in [0.5, 0.6) is 0 Å². The lowest BCUT2D eigenvalue weighted by molar-refractivity contribution is 0.161. The average molecular weight is 437 g/mol. The zero-order chi connectivity index (χ0) is 22.4. The Hall–Kier alpha value is -2.83. The normalized spacial score (nSPS) is 22.5. The van der Waals surface area contributed by atoms with Crippen LogP contribution in [-0.2, 0) is 4.74 Å². The highest BCUT2D eigenvalue weighted by Gasteiger charge is 2.42. The molecular weight excluding hydrogens is 404 g/mol. The minimum atomic E-state index is -0.236. The van der Waals surface area contributed by atoms with Crippen molar-refractivity contribution >= 4 is 11.8 Å². The summed E-state index contributed by atoms with van der Waals surface area (Å²) >= 11 is 0. The van der Waals surface area contributed by atoms with Crippen LogP contribution in [-0.4, -0.2) is 58.6 Å². The third-order valence-electron chi connectivity index (χ3n) is 6.30. The lowest BCUT2D eigenvalue weighted by Crippen LogP contribution is -2.43. The second-order valence-electron chi connectivity index (χ2n) is 9.06. The summed E-state index contributed by atoms with van der Waals surface area (Å²) in [4.78, 5) is 9.12. The number of nitrogens with one attached hydrogen (secondary N) is 3.